The molecule has 0 bridgehead atoms. The minimum absolute atomic E-state index is 0.0720. The number of methoxy groups -OCH3 is 1. The van der Waals surface area contributed by atoms with E-state index in [9.17, 15) is 19.6 Å². The Bertz CT molecular complexity index is 1350. The standard InChI is InChI=1S/C30H38N6O4S/c1-4-36-29(39)26(41-30(36)25(17-31)28(38)34-20(2)19-40-3)18-33-24-10-9-21-15-23(8-7-22(21)16-24)27(37)32-11-14-35-12-5-6-13-35/h7-10,15-16,20,26,33H,4-6,11-14,18-19H2,1-3H3,(H,32,37)(H,34,38)/b30-25-. The van der Waals surface area contributed by atoms with Crippen LogP contribution in [0.3, 0.4) is 0 Å². The molecular formula is C30H38N6O4S. The van der Waals surface area contributed by atoms with Gasteiger partial charge in [-0.2, -0.15) is 5.26 Å². The summed E-state index contributed by atoms with van der Waals surface area (Å²) in [4.78, 5) is 42.4. The predicted octanol–water partition coefficient (Wildman–Crippen LogP) is 2.93. The average Bonchev–Trinajstić information content (AvgIpc) is 3.59. The number of amides is 3. The Morgan fingerprint density at radius 1 is 1.17 bits per heavy atom. The molecule has 0 saturated carbocycles. The van der Waals surface area contributed by atoms with E-state index >= 15 is 0 Å². The molecule has 11 heteroatoms. The van der Waals surface area contributed by atoms with E-state index in [0.717, 1.165) is 36.1 Å². The molecule has 2 saturated heterocycles. The van der Waals surface area contributed by atoms with Crippen LogP contribution in [0.1, 0.15) is 37.0 Å². The van der Waals surface area contributed by atoms with Crippen LogP contribution in [0.5, 0.6) is 0 Å². The van der Waals surface area contributed by atoms with Crippen molar-refractivity contribution in [3.63, 3.8) is 0 Å². The molecule has 0 spiro atoms. The number of rotatable bonds is 12. The van der Waals surface area contributed by atoms with E-state index in [4.69, 9.17) is 4.74 Å². The zero-order valence-electron chi connectivity index (χ0n) is 23.9. The summed E-state index contributed by atoms with van der Waals surface area (Å²) < 4.78 is 5.06. The van der Waals surface area contributed by atoms with Gasteiger partial charge in [-0.25, -0.2) is 0 Å². The summed E-state index contributed by atoms with van der Waals surface area (Å²) in [7, 11) is 1.54. The van der Waals surface area contributed by atoms with Crippen LogP contribution >= 0.6 is 11.8 Å². The Labute approximate surface area is 245 Å². The topological polar surface area (TPSA) is 127 Å². The van der Waals surface area contributed by atoms with Crippen LogP contribution in [0, 0.1) is 11.3 Å². The summed E-state index contributed by atoms with van der Waals surface area (Å²) in [6.07, 6.45) is 2.47. The Kier molecular flexibility index (Phi) is 10.6. The van der Waals surface area contributed by atoms with E-state index in [1.807, 2.05) is 49.4 Å². The van der Waals surface area contributed by atoms with Gasteiger partial charge in [0.1, 0.15) is 21.9 Å². The normalized spacial score (nSPS) is 19.2. The molecule has 2 aromatic rings. The lowest BCUT2D eigenvalue weighted by molar-refractivity contribution is -0.127. The van der Waals surface area contributed by atoms with Gasteiger partial charge < -0.3 is 30.5 Å². The minimum atomic E-state index is -0.520. The van der Waals surface area contributed by atoms with E-state index in [2.05, 4.69) is 20.9 Å². The molecule has 0 aliphatic carbocycles. The van der Waals surface area contributed by atoms with Gasteiger partial charge in [0.15, 0.2) is 0 Å². The van der Waals surface area contributed by atoms with Crippen LogP contribution in [0.4, 0.5) is 5.69 Å². The molecule has 2 unspecified atom stereocenters. The van der Waals surface area contributed by atoms with Crippen LogP contribution in [-0.4, -0.2) is 91.8 Å². The number of hydrogen-bond donors (Lipinski definition) is 3. The number of carbonyl (C=O) groups is 3. The van der Waals surface area contributed by atoms with Crippen molar-refractivity contribution in [2.75, 3.05) is 58.3 Å². The van der Waals surface area contributed by atoms with Gasteiger partial charge in [-0.1, -0.05) is 23.9 Å². The molecule has 3 amide bonds. The number of nitrogens with one attached hydrogen (secondary N) is 3. The molecule has 2 aliphatic rings. The first-order valence-corrected chi connectivity index (χ1v) is 14.9. The van der Waals surface area contributed by atoms with E-state index in [-0.39, 0.29) is 23.4 Å². The molecule has 10 nitrogen and oxygen atoms in total. The molecule has 218 valence electrons. The third-order valence-corrected chi connectivity index (χ3v) is 8.51. The molecule has 2 heterocycles. The molecule has 2 aliphatic heterocycles. The number of nitriles is 1. The van der Waals surface area contributed by atoms with Crippen molar-refractivity contribution in [2.24, 2.45) is 0 Å². The maximum Gasteiger partial charge on any atom is 0.264 e. The van der Waals surface area contributed by atoms with E-state index < -0.39 is 11.2 Å². The largest absolute Gasteiger partial charge is 0.383 e. The van der Waals surface area contributed by atoms with E-state index in [1.165, 1.54) is 36.6 Å². The molecular weight excluding hydrogens is 540 g/mol. The first-order valence-electron chi connectivity index (χ1n) is 14.0. The van der Waals surface area contributed by atoms with E-state index in [1.54, 1.807) is 6.92 Å². The highest BCUT2D eigenvalue weighted by Gasteiger charge is 2.39. The van der Waals surface area contributed by atoms with Gasteiger partial charge in [-0.05, 0) is 74.8 Å². The zero-order valence-corrected chi connectivity index (χ0v) is 24.7. The second kappa shape index (κ2) is 14.3. The van der Waals surface area contributed by atoms with Crippen LogP contribution in [0.2, 0.25) is 0 Å². The first kappa shape index (κ1) is 30.4. The lowest BCUT2D eigenvalue weighted by Gasteiger charge is -2.17. The number of thioether (sulfide) groups is 1. The van der Waals surface area contributed by atoms with Gasteiger partial charge in [-0.15, -0.1) is 0 Å². The van der Waals surface area contributed by atoms with Crippen molar-refractivity contribution >= 4 is 45.9 Å². The summed E-state index contributed by atoms with van der Waals surface area (Å²) in [5.41, 5.74) is 1.39. The third-order valence-electron chi connectivity index (χ3n) is 7.21. The SMILES string of the molecule is CCN1C(=O)C(CNc2ccc3cc(C(=O)NCCN4CCCC4)ccc3c2)S/C1=C(/C#N)C(=O)NC(C)COC. The van der Waals surface area contributed by atoms with Crippen molar-refractivity contribution in [2.45, 2.75) is 38.0 Å². The lowest BCUT2D eigenvalue weighted by Crippen LogP contribution is -2.37. The Morgan fingerprint density at radius 2 is 1.90 bits per heavy atom. The highest BCUT2D eigenvalue weighted by molar-refractivity contribution is 8.04. The molecule has 41 heavy (non-hydrogen) atoms. The zero-order chi connectivity index (χ0) is 29.4. The van der Waals surface area contributed by atoms with Gasteiger partial charge in [-0.3, -0.25) is 14.4 Å². The fourth-order valence-corrected chi connectivity index (χ4v) is 6.34. The predicted molar refractivity (Wildman–Crippen MR) is 161 cm³/mol. The monoisotopic (exact) mass is 578 g/mol. The molecule has 2 aromatic carbocycles. The number of carbonyl (C=O) groups excluding carboxylic acids is 3. The second-order valence-corrected chi connectivity index (χ2v) is 11.5. The van der Waals surface area contributed by atoms with Crippen molar-refractivity contribution in [1.29, 1.82) is 5.26 Å². The van der Waals surface area contributed by atoms with Crippen molar-refractivity contribution in [3.05, 3.63) is 52.6 Å². The second-order valence-electron chi connectivity index (χ2n) is 10.3. The maximum atomic E-state index is 13.1. The highest BCUT2D eigenvalue weighted by Crippen LogP contribution is 2.37. The summed E-state index contributed by atoms with van der Waals surface area (Å²) >= 11 is 1.23. The maximum absolute atomic E-state index is 13.1. The molecule has 3 N–H and O–H groups in total. The van der Waals surface area contributed by atoms with Gasteiger partial charge in [0, 0.05) is 50.6 Å². The van der Waals surface area contributed by atoms with Gasteiger partial charge in [0.2, 0.25) is 5.91 Å². The number of ether oxygens (including phenoxy) is 1. The van der Waals surface area contributed by atoms with Gasteiger partial charge >= 0.3 is 0 Å². The number of likely N-dealkylation sites (tertiary alicyclic amines) is 1. The van der Waals surface area contributed by atoms with Crippen LogP contribution in [0.25, 0.3) is 10.8 Å². The quantitative estimate of drug-likeness (QED) is 0.259. The molecule has 0 radical (unpaired) electrons. The van der Waals surface area contributed by atoms with Crippen molar-refractivity contribution in [3.8, 4) is 6.07 Å². The number of anilines is 1. The van der Waals surface area contributed by atoms with Crippen molar-refractivity contribution < 1.29 is 19.1 Å². The molecule has 0 aromatic heterocycles. The lowest BCUT2D eigenvalue weighted by atomic mass is 10.1. The molecule has 2 atom stereocenters. The van der Waals surface area contributed by atoms with E-state index in [0.29, 0.717) is 36.8 Å². The first-order chi connectivity index (χ1) is 19.8. The highest BCUT2D eigenvalue weighted by atomic mass is 32.2. The fraction of sp³-hybridized carbons (Fsp3) is 0.467. The average molecular weight is 579 g/mol. The summed E-state index contributed by atoms with van der Waals surface area (Å²) in [5, 5.41) is 20.6. The van der Waals surface area contributed by atoms with Crippen LogP contribution in [0.15, 0.2) is 47.0 Å². The summed E-state index contributed by atoms with van der Waals surface area (Å²) in [5.74, 6) is -0.742. The third kappa shape index (κ3) is 7.58. The van der Waals surface area contributed by atoms with Crippen LogP contribution in [-0.2, 0) is 14.3 Å². The molecule has 2 fully saturated rings. The summed E-state index contributed by atoms with van der Waals surface area (Å²) in [6, 6.07) is 13.2. The fourth-order valence-electron chi connectivity index (χ4n) is 5.07. The Hall–Kier alpha value is -3.59. The Balaban J connectivity index is 1.38. The minimum Gasteiger partial charge on any atom is -0.383 e. The Morgan fingerprint density at radius 3 is 2.61 bits per heavy atom. The molecule has 4 rings (SSSR count). The number of fused-ring (bicyclic) bond motifs is 1. The summed E-state index contributed by atoms with van der Waals surface area (Å²) in [6.45, 7) is 8.33. The number of nitrogens with zero attached hydrogens (tertiary/aromatic N) is 3. The number of benzene rings is 2. The van der Waals surface area contributed by atoms with Crippen LogP contribution < -0.4 is 16.0 Å². The number of hydrogen-bond acceptors (Lipinski definition) is 8. The smallest absolute Gasteiger partial charge is 0.264 e. The van der Waals surface area contributed by atoms with Gasteiger partial charge in [0.25, 0.3) is 11.8 Å². The van der Waals surface area contributed by atoms with Gasteiger partial charge in [0.05, 0.1) is 6.61 Å². The van der Waals surface area contributed by atoms with Crippen molar-refractivity contribution in [1.82, 2.24) is 20.4 Å².